The van der Waals surface area contributed by atoms with Crippen molar-refractivity contribution in [2.24, 2.45) is 0 Å². The second kappa shape index (κ2) is 8.69. The van der Waals surface area contributed by atoms with E-state index in [1.807, 2.05) is 0 Å². The Hall–Kier alpha value is -2.07. The predicted octanol–water partition coefficient (Wildman–Crippen LogP) is 5.13. The van der Waals surface area contributed by atoms with Crippen LogP contribution in [0.1, 0.15) is 49.0 Å². The standard InChI is InChI=1S/C20H23NO2S/c1-14(2)16-6-10-19(11-7-16)24-13-12-20(23)21-18-8-4-17(5-9-18)15(3)22/h4-11,14H,12-13H2,1-3H3,(H,21,23). The van der Waals surface area contributed by atoms with Gasteiger partial charge in [0.2, 0.25) is 5.91 Å². The van der Waals surface area contributed by atoms with Gasteiger partial charge in [0.1, 0.15) is 0 Å². The second-order valence-corrected chi connectivity index (χ2v) is 7.17. The van der Waals surface area contributed by atoms with Crippen LogP contribution in [0.4, 0.5) is 5.69 Å². The van der Waals surface area contributed by atoms with Gasteiger partial charge in [0, 0.05) is 28.3 Å². The second-order valence-electron chi connectivity index (χ2n) is 6.00. The highest BCUT2D eigenvalue weighted by Gasteiger charge is 2.05. The van der Waals surface area contributed by atoms with Crippen LogP contribution in [-0.2, 0) is 4.79 Å². The number of ketones is 1. The number of Topliss-reactive ketones (excluding diaryl/α,β-unsaturated/α-hetero) is 1. The van der Waals surface area contributed by atoms with Gasteiger partial charge < -0.3 is 5.32 Å². The molecule has 24 heavy (non-hydrogen) atoms. The lowest BCUT2D eigenvalue weighted by Gasteiger charge is -2.07. The molecule has 2 aromatic rings. The Kier molecular flexibility index (Phi) is 6.62. The van der Waals surface area contributed by atoms with Gasteiger partial charge in [-0.2, -0.15) is 0 Å². The lowest BCUT2D eigenvalue weighted by molar-refractivity contribution is -0.115. The molecule has 3 nitrogen and oxygen atoms in total. The molecule has 2 aromatic carbocycles. The minimum atomic E-state index is -0.0168. The molecule has 0 aliphatic rings. The minimum Gasteiger partial charge on any atom is -0.326 e. The van der Waals surface area contributed by atoms with Crippen LogP contribution >= 0.6 is 11.8 Å². The topological polar surface area (TPSA) is 46.2 Å². The van der Waals surface area contributed by atoms with Crippen LogP contribution < -0.4 is 5.32 Å². The fourth-order valence-corrected chi connectivity index (χ4v) is 3.07. The molecule has 0 aromatic heterocycles. The average molecular weight is 341 g/mol. The minimum absolute atomic E-state index is 0.0168. The first kappa shape index (κ1) is 18.3. The first-order chi connectivity index (χ1) is 11.5. The van der Waals surface area contributed by atoms with E-state index in [1.54, 1.807) is 36.0 Å². The van der Waals surface area contributed by atoms with E-state index < -0.39 is 0 Å². The monoisotopic (exact) mass is 341 g/mol. The summed E-state index contributed by atoms with van der Waals surface area (Å²) in [5, 5.41) is 2.85. The van der Waals surface area contributed by atoms with E-state index in [-0.39, 0.29) is 11.7 Å². The van der Waals surface area contributed by atoms with Crippen LogP contribution in [0, 0.1) is 0 Å². The molecule has 0 atom stereocenters. The zero-order valence-corrected chi connectivity index (χ0v) is 15.2. The molecule has 0 bridgehead atoms. The Balaban J connectivity index is 1.77. The molecule has 0 aliphatic heterocycles. The van der Waals surface area contributed by atoms with Crippen molar-refractivity contribution in [1.29, 1.82) is 0 Å². The number of anilines is 1. The van der Waals surface area contributed by atoms with Gasteiger partial charge >= 0.3 is 0 Å². The SMILES string of the molecule is CC(=O)c1ccc(NC(=O)CCSc2ccc(C(C)C)cc2)cc1. The zero-order valence-electron chi connectivity index (χ0n) is 14.3. The molecule has 0 saturated heterocycles. The van der Waals surface area contributed by atoms with Gasteiger partial charge in [0.25, 0.3) is 0 Å². The Morgan fingerprint density at radius 2 is 1.62 bits per heavy atom. The fourth-order valence-electron chi connectivity index (χ4n) is 2.22. The van der Waals surface area contributed by atoms with Crippen LogP contribution in [0.15, 0.2) is 53.4 Å². The van der Waals surface area contributed by atoms with Gasteiger partial charge in [-0.15, -0.1) is 11.8 Å². The van der Waals surface area contributed by atoms with E-state index in [0.717, 1.165) is 11.4 Å². The number of thioether (sulfide) groups is 1. The smallest absolute Gasteiger partial charge is 0.225 e. The highest BCUT2D eigenvalue weighted by molar-refractivity contribution is 7.99. The summed E-state index contributed by atoms with van der Waals surface area (Å²) in [6.07, 6.45) is 0.449. The molecule has 0 spiro atoms. The third-order valence-corrected chi connectivity index (χ3v) is 4.73. The largest absolute Gasteiger partial charge is 0.326 e. The maximum absolute atomic E-state index is 12.0. The van der Waals surface area contributed by atoms with Gasteiger partial charge in [0.15, 0.2) is 5.78 Å². The molecule has 1 amide bonds. The summed E-state index contributed by atoms with van der Waals surface area (Å²) in [6.45, 7) is 5.88. The third-order valence-electron chi connectivity index (χ3n) is 3.72. The zero-order chi connectivity index (χ0) is 17.5. The van der Waals surface area contributed by atoms with Crippen molar-refractivity contribution in [1.82, 2.24) is 0 Å². The average Bonchev–Trinajstić information content (AvgIpc) is 2.55. The summed E-state index contributed by atoms with van der Waals surface area (Å²) in [5.41, 5.74) is 2.69. The third kappa shape index (κ3) is 5.53. The molecule has 2 rings (SSSR count). The molecule has 0 saturated carbocycles. The Morgan fingerprint density at radius 3 is 2.17 bits per heavy atom. The summed E-state index contributed by atoms with van der Waals surface area (Å²) in [6, 6.07) is 15.5. The summed E-state index contributed by atoms with van der Waals surface area (Å²) in [4.78, 5) is 24.4. The first-order valence-electron chi connectivity index (χ1n) is 8.09. The molecule has 0 aliphatic carbocycles. The number of amides is 1. The summed E-state index contributed by atoms with van der Waals surface area (Å²) in [7, 11) is 0. The van der Waals surface area contributed by atoms with E-state index in [2.05, 4.69) is 43.4 Å². The van der Waals surface area contributed by atoms with Crippen LogP contribution in [0.2, 0.25) is 0 Å². The number of rotatable bonds is 7. The highest BCUT2D eigenvalue weighted by atomic mass is 32.2. The van der Waals surface area contributed by atoms with Gasteiger partial charge in [-0.1, -0.05) is 26.0 Å². The van der Waals surface area contributed by atoms with Crippen molar-refractivity contribution in [2.75, 3.05) is 11.1 Å². The molecule has 0 fully saturated rings. The van der Waals surface area contributed by atoms with E-state index in [4.69, 9.17) is 0 Å². The van der Waals surface area contributed by atoms with Gasteiger partial charge in [-0.25, -0.2) is 0 Å². The number of hydrogen-bond donors (Lipinski definition) is 1. The fraction of sp³-hybridized carbons (Fsp3) is 0.300. The summed E-state index contributed by atoms with van der Waals surface area (Å²) >= 11 is 1.68. The number of hydrogen-bond acceptors (Lipinski definition) is 3. The van der Waals surface area contributed by atoms with Crippen LogP contribution in [-0.4, -0.2) is 17.4 Å². The van der Waals surface area contributed by atoms with Crippen molar-refractivity contribution in [2.45, 2.75) is 38.0 Å². The van der Waals surface area contributed by atoms with Crippen LogP contribution in [0.5, 0.6) is 0 Å². The Labute approximate surface area is 147 Å². The molecular weight excluding hydrogens is 318 g/mol. The van der Waals surface area contributed by atoms with E-state index in [0.29, 0.717) is 17.9 Å². The van der Waals surface area contributed by atoms with Gasteiger partial charge in [0.05, 0.1) is 0 Å². The van der Waals surface area contributed by atoms with Crippen LogP contribution in [0.3, 0.4) is 0 Å². The molecule has 0 radical (unpaired) electrons. The lowest BCUT2D eigenvalue weighted by atomic mass is 10.0. The normalized spacial score (nSPS) is 10.7. The summed E-state index contributed by atoms with van der Waals surface area (Å²) in [5.74, 6) is 1.27. The highest BCUT2D eigenvalue weighted by Crippen LogP contribution is 2.22. The first-order valence-corrected chi connectivity index (χ1v) is 9.08. The number of benzene rings is 2. The number of carbonyl (C=O) groups is 2. The van der Waals surface area contributed by atoms with Crippen molar-refractivity contribution in [3.05, 3.63) is 59.7 Å². The number of nitrogens with one attached hydrogen (secondary N) is 1. The van der Waals surface area contributed by atoms with Crippen molar-refractivity contribution in [3.8, 4) is 0 Å². The molecule has 4 heteroatoms. The summed E-state index contributed by atoms with van der Waals surface area (Å²) < 4.78 is 0. The maximum Gasteiger partial charge on any atom is 0.225 e. The quantitative estimate of drug-likeness (QED) is 0.561. The molecule has 1 N–H and O–H groups in total. The Morgan fingerprint density at radius 1 is 1.00 bits per heavy atom. The van der Waals surface area contributed by atoms with Crippen LogP contribution in [0.25, 0.3) is 0 Å². The van der Waals surface area contributed by atoms with Crippen molar-refractivity contribution in [3.63, 3.8) is 0 Å². The number of carbonyl (C=O) groups excluding carboxylic acids is 2. The molecular formula is C20H23NO2S. The van der Waals surface area contributed by atoms with E-state index in [1.165, 1.54) is 17.4 Å². The molecule has 0 heterocycles. The lowest BCUT2D eigenvalue weighted by Crippen LogP contribution is -2.12. The van der Waals surface area contributed by atoms with E-state index >= 15 is 0 Å². The van der Waals surface area contributed by atoms with E-state index in [9.17, 15) is 9.59 Å². The van der Waals surface area contributed by atoms with Gasteiger partial charge in [-0.3, -0.25) is 9.59 Å². The van der Waals surface area contributed by atoms with Crippen molar-refractivity contribution < 1.29 is 9.59 Å². The van der Waals surface area contributed by atoms with Gasteiger partial charge in [-0.05, 0) is 54.8 Å². The maximum atomic E-state index is 12.0. The Bertz CT molecular complexity index is 691. The predicted molar refractivity (Wildman–Crippen MR) is 101 cm³/mol. The molecule has 0 unspecified atom stereocenters. The van der Waals surface area contributed by atoms with Crippen molar-refractivity contribution >= 4 is 29.1 Å². The molecule has 126 valence electrons.